The van der Waals surface area contributed by atoms with E-state index in [0.717, 1.165) is 0 Å². The van der Waals surface area contributed by atoms with Crippen molar-refractivity contribution in [3.05, 3.63) is 33.9 Å². The number of benzene rings is 1. The summed E-state index contributed by atoms with van der Waals surface area (Å²) in [6.07, 6.45) is 0.236. The van der Waals surface area contributed by atoms with E-state index in [-0.39, 0.29) is 35.3 Å². The lowest BCUT2D eigenvalue weighted by Crippen LogP contribution is -2.23. The van der Waals surface area contributed by atoms with Crippen LogP contribution in [0.4, 0.5) is 11.4 Å². The lowest BCUT2D eigenvalue weighted by molar-refractivity contribution is -0.384. The van der Waals surface area contributed by atoms with Crippen molar-refractivity contribution >= 4 is 23.3 Å². The van der Waals surface area contributed by atoms with Crippen LogP contribution in [0.2, 0.25) is 0 Å². The molecular formula is C12H13N3O5. The quantitative estimate of drug-likeness (QED) is 0.476. The van der Waals surface area contributed by atoms with Gasteiger partial charge in [-0.2, -0.15) is 0 Å². The number of rotatable bonds is 4. The summed E-state index contributed by atoms with van der Waals surface area (Å²) in [5.74, 6) is -0.696. The molecule has 1 saturated heterocycles. The molecule has 2 N–H and O–H groups in total. The zero-order valence-electron chi connectivity index (χ0n) is 10.7. The Morgan fingerprint density at radius 3 is 2.85 bits per heavy atom. The van der Waals surface area contributed by atoms with Crippen LogP contribution in [0, 0.1) is 10.1 Å². The molecule has 20 heavy (non-hydrogen) atoms. The number of nitro benzene ring substituents is 1. The van der Waals surface area contributed by atoms with Gasteiger partial charge in [0.1, 0.15) is 5.69 Å². The van der Waals surface area contributed by atoms with Gasteiger partial charge in [0, 0.05) is 19.0 Å². The molecule has 0 aliphatic carbocycles. The number of nitro groups is 1. The third kappa shape index (κ3) is 2.85. The predicted octanol–water partition coefficient (Wildman–Crippen LogP) is 0.682. The molecule has 1 aromatic rings. The molecule has 1 atom stereocenters. The summed E-state index contributed by atoms with van der Waals surface area (Å²) in [6.45, 7) is 0.387. The van der Waals surface area contributed by atoms with Crippen LogP contribution in [0.3, 0.4) is 0 Å². The van der Waals surface area contributed by atoms with Crippen molar-refractivity contribution in [2.75, 3.05) is 19.0 Å². The van der Waals surface area contributed by atoms with Gasteiger partial charge in [0.2, 0.25) is 5.91 Å². The lowest BCUT2D eigenvalue weighted by atomic mass is 10.1. The van der Waals surface area contributed by atoms with Gasteiger partial charge in [0.25, 0.3) is 5.69 Å². The van der Waals surface area contributed by atoms with Crippen LogP contribution in [-0.2, 0) is 9.53 Å². The third-order valence-electron chi connectivity index (χ3n) is 2.95. The van der Waals surface area contributed by atoms with E-state index >= 15 is 0 Å². The number of esters is 1. The Balaban J connectivity index is 2.29. The molecule has 0 bridgehead atoms. The second kappa shape index (κ2) is 5.55. The van der Waals surface area contributed by atoms with E-state index in [2.05, 4.69) is 15.4 Å². The minimum atomic E-state index is -0.580. The molecule has 0 aromatic heterocycles. The smallest absolute Gasteiger partial charge is 0.337 e. The number of carbonyl (C=O) groups is 2. The molecule has 1 fully saturated rings. The second-order valence-corrected chi connectivity index (χ2v) is 4.33. The zero-order chi connectivity index (χ0) is 14.7. The Bertz CT molecular complexity index is 572. The van der Waals surface area contributed by atoms with Gasteiger partial charge in [-0.3, -0.25) is 14.9 Å². The standard InChI is InChI=1S/C12H13N3O5/c1-20-12(17)7-2-3-10(15(18)19)9(4-7)14-8-5-11(16)13-6-8/h2-4,8,14H,5-6H2,1H3,(H,13,16). The Kier molecular flexibility index (Phi) is 3.83. The highest BCUT2D eigenvalue weighted by Gasteiger charge is 2.25. The molecule has 8 nitrogen and oxygen atoms in total. The van der Waals surface area contributed by atoms with Crippen LogP contribution in [0.25, 0.3) is 0 Å². The molecule has 1 amide bonds. The summed E-state index contributed by atoms with van der Waals surface area (Å²) < 4.78 is 4.58. The van der Waals surface area contributed by atoms with Gasteiger partial charge in [0.15, 0.2) is 0 Å². The van der Waals surface area contributed by atoms with Crippen molar-refractivity contribution in [2.24, 2.45) is 0 Å². The van der Waals surface area contributed by atoms with Crippen molar-refractivity contribution < 1.29 is 19.2 Å². The molecule has 1 aliphatic rings. The van der Waals surface area contributed by atoms with Gasteiger partial charge in [0.05, 0.1) is 23.6 Å². The first-order valence-electron chi connectivity index (χ1n) is 5.91. The Hall–Kier alpha value is -2.64. The van der Waals surface area contributed by atoms with E-state index in [0.29, 0.717) is 6.54 Å². The maximum absolute atomic E-state index is 11.4. The number of anilines is 1. The van der Waals surface area contributed by atoms with Crippen LogP contribution in [-0.4, -0.2) is 36.5 Å². The van der Waals surface area contributed by atoms with Crippen molar-refractivity contribution in [2.45, 2.75) is 12.5 Å². The summed E-state index contributed by atoms with van der Waals surface area (Å²) in [7, 11) is 1.23. The van der Waals surface area contributed by atoms with Gasteiger partial charge in [-0.1, -0.05) is 0 Å². The molecule has 106 valence electrons. The number of hydrogen-bond donors (Lipinski definition) is 2. The average Bonchev–Trinajstić information content (AvgIpc) is 2.82. The van der Waals surface area contributed by atoms with E-state index in [1.807, 2.05) is 0 Å². The number of methoxy groups -OCH3 is 1. The van der Waals surface area contributed by atoms with Crippen molar-refractivity contribution in [1.29, 1.82) is 0 Å². The highest BCUT2D eigenvalue weighted by Crippen LogP contribution is 2.27. The topological polar surface area (TPSA) is 111 Å². The predicted molar refractivity (Wildman–Crippen MR) is 69.5 cm³/mol. The number of nitrogens with one attached hydrogen (secondary N) is 2. The highest BCUT2D eigenvalue weighted by atomic mass is 16.6. The van der Waals surface area contributed by atoms with Crippen LogP contribution < -0.4 is 10.6 Å². The van der Waals surface area contributed by atoms with Gasteiger partial charge in [-0.15, -0.1) is 0 Å². The van der Waals surface area contributed by atoms with Gasteiger partial charge < -0.3 is 15.4 Å². The van der Waals surface area contributed by atoms with Crippen molar-refractivity contribution in [1.82, 2.24) is 5.32 Å². The second-order valence-electron chi connectivity index (χ2n) is 4.33. The number of ether oxygens (including phenoxy) is 1. The Morgan fingerprint density at radius 1 is 1.55 bits per heavy atom. The minimum absolute atomic E-state index is 0.116. The molecule has 1 aliphatic heterocycles. The number of carbonyl (C=O) groups excluding carboxylic acids is 2. The Morgan fingerprint density at radius 2 is 2.30 bits per heavy atom. The van der Waals surface area contributed by atoms with Gasteiger partial charge >= 0.3 is 5.97 Å². The first-order chi connectivity index (χ1) is 9.51. The number of hydrogen-bond acceptors (Lipinski definition) is 6. The van der Waals surface area contributed by atoms with E-state index in [4.69, 9.17) is 0 Å². The molecular weight excluding hydrogens is 266 g/mol. The van der Waals surface area contributed by atoms with Crippen LogP contribution in [0.1, 0.15) is 16.8 Å². The van der Waals surface area contributed by atoms with Crippen LogP contribution >= 0.6 is 0 Å². The van der Waals surface area contributed by atoms with E-state index in [9.17, 15) is 19.7 Å². The Labute approximate surface area is 114 Å². The first-order valence-corrected chi connectivity index (χ1v) is 5.91. The molecule has 0 radical (unpaired) electrons. The zero-order valence-corrected chi connectivity index (χ0v) is 10.7. The van der Waals surface area contributed by atoms with Crippen LogP contribution in [0.15, 0.2) is 18.2 Å². The summed E-state index contributed by atoms with van der Waals surface area (Å²) in [6, 6.07) is 3.67. The lowest BCUT2D eigenvalue weighted by Gasteiger charge is -2.13. The third-order valence-corrected chi connectivity index (χ3v) is 2.95. The summed E-state index contributed by atoms with van der Waals surface area (Å²) in [5, 5.41) is 16.5. The fourth-order valence-electron chi connectivity index (χ4n) is 1.98. The molecule has 0 saturated carbocycles. The van der Waals surface area contributed by atoms with Crippen molar-refractivity contribution in [3.63, 3.8) is 0 Å². The number of amides is 1. The largest absolute Gasteiger partial charge is 0.465 e. The normalized spacial score (nSPS) is 17.4. The highest BCUT2D eigenvalue weighted by molar-refractivity contribution is 5.91. The average molecular weight is 279 g/mol. The number of nitrogens with zero attached hydrogens (tertiary/aromatic N) is 1. The minimum Gasteiger partial charge on any atom is -0.465 e. The summed E-state index contributed by atoms with van der Waals surface area (Å²) in [5.41, 5.74) is 0.245. The van der Waals surface area contributed by atoms with E-state index in [1.165, 1.54) is 25.3 Å². The first kappa shape index (κ1) is 13.8. The van der Waals surface area contributed by atoms with Crippen LogP contribution in [0.5, 0.6) is 0 Å². The monoisotopic (exact) mass is 279 g/mol. The molecule has 1 heterocycles. The van der Waals surface area contributed by atoms with Crippen molar-refractivity contribution in [3.8, 4) is 0 Å². The molecule has 8 heteroatoms. The summed E-state index contributed by atoms with van der Waals surface area (Å²) >= 11 is 0. The van der Waals surface area contributed by atoms with E-state index in [1.54, 1.807) is 0 Å². The SMILES string of the molecule is COC(=O)c1ccc([N+](=O)[O-])c(NC2CNC(=O)C2)c1. The summed E-state index contributed by atoms with van der Waals surface area (Å²) in [4.78, 5) is 33.0. The maximum Gasteiger partial charge on any atom is 0.337 e. The fraction of sp³-hybridized carbons (Fsp3) is 0.333. The van der Waals surface area contributed by atoms with E-state index < -0.39 is 10.9 Å². The van der Waals surface area contributed by atoms with Gasteiger partial charge in [-0.05, 0) is 12.1 Å². The fourth-order valence-corrected chi connectivity index (χ4v) is 1.98. The van der Waals surface area contributed by atoms with Gasteiger partial charge in [-0.25, -0.2) is 4.79 Å². The molecule has 1 unspecified atom stereocenters. The molecule has 1 aromatic carbocycles. The molecule has 0 spiro atoms. The maximum atomic E-state index is 11.4. The molecule has 2 rings (SSSR count).